The Balaban J connectivity index is 2.53. The molecule has 6 nitrogen and oxygen atoms in total. The molecule has 0 bridgehead atoms. The van der Waals surface area contributed by atoms with Gasteiger partial charge in [-0.25, -0.2) is 8.42 Å². The molecule has 0 spiro atoms. The summed E-state index contributed by atoms with van der Waals surface area (Å²) in [4.78, 5) is 12.0. The van der Waals surface area contributed by atoms with Crippen LogP contribution < -0.4 is 14.8 Å². The van der Waals surface area contributed by atoms with Gasteiger partial charge in [0.05, 0.1) is 17.7 Å². The average Bonchev–Trinajstić information content (AvgIpc) is 2.52. The maximum Gasteiger partial charge on any atom is 0.262 e. The zero-order valence-electron chi connectivity index (χ0n) is 14.9. The van der Waals surface area contributed by atoms with Crippen LogP contribution in [0.4, 0.5) is 5.69 Å². The van der Waals surface area contributed by atoms with Crippen molar-refractivity contribution in [2.24, 2.45) is 0 Å². The van der Waals surface area contributed by atoms with Crippen molar-refractivity contribution in [2.75, 3.05) is 18.9 Å². The maximum atomic E-state index is 12.9. The minimum Gasteiger partial charge on any atom is -0.495 e. The first kappa shape index (κ1) is 18.8. The van der Waals surface area contributed by atoms with Crippen LogP contribution in [0, 0.1) is 20.8 Å². The van der Waals surface area contributed by atoms with E-state index in [0.717, 1.165) is 5.56 Å². The van der Waals surface area contributed by atoms with Crippen LogP contribution in [-0.2, 0) is 10.0 Å². The van der Waals surface area contributed by atoms with Crippen LogP contribution in [0.15, 0.2) is 35.2 Å². The number of rotatable bonds is 5. The zero-order chi connectivity index (χ0) is 18.8. The topological polar surface area (TPSA) is 84.5 Å². The van der Waals surface area contributed by atoms with Crippen molar-refractivity contribution in [3.05, 3.63) is 52.6 Å². The molecule has 1 amide bonds. The van der Waals surface area contributed by atoms with Gasteiger partial charge in [0.15, 0.2) is 0 Å². The lowest BCUT2D eigenvalue weighted by Gasteiger charge is -2.16. The Morgan fingerprint density at radius 2 is 1.64 bits per heavy atom. The highest BCUT2D eigenvalue weighted by Crippen LogP contribution is 2.30. The summed E-state index contributed by atoms with van der Waals surface area (Å²) in [5.41, 5.74) is 2.85. The number of anilines is 1. The van der Waals surface area contributed by atoms with Crippen molar-refractivity contribution < 1.29 is 17.9 Å². The summed E-state index contributed by atoms with van der Waals surface area (Å²) in [6.45, 7) is 5.43. The quantitative estimate of drug-likeness (QED) is 0.857. The number of aryl methyl sites for hydroxylation is 3. The van der Waals surface area contributed by atoms with Crippen LogP contribution >= 0.6 is 0 Å². The molecule has 0 saturated carbocycles. The summed E-state index contributed by atoms with van der Waals surface area (Å²) in [6, 6.07) is 8.21. The van der Waals surface area contributed by atoms with E-state index >= 15 is 0 Å². The van der Waals surface area contributed by atoms with Gasteiger partial charge in [0, 0.05) is 12.6 Å². The first-order valence-corrected chi connectivity index (χ1v) is 9.18. The highest BCUT2D eigenvalue weighted by atomic mass is 32.2. The van der Waals surface area contributed by atoms with Gasteiger partial charge >= 0.3 is 0 Å². The normalized spacial score (nSPS) is 11.1. The molecule has 0 unspecified atom stereocenters. The Kier molecular flexibility index (Phi) is 5.37. The molecule has 2 aromatic rings. The number of methoxy groups -OCH3 is 1. The summed E-state index contributed by atoms with van der Waals surface area (Å²) in [7, 11) is -0.886. The van der Waals surface area contributed by atoms with Gasteiger partial charge in [0.2, 0.25) is 0 Å². The van der Waals surface area contributed by atoms with Gasteiger partial charge in [-0.1, -0.05) is 17.7 Å². The number of ether oxygens (including phenoxy) is 1. The third-order valence-electron chi connectivity index (χ3n) is 3.81. The molecule has 0 aromatic heterocycles. The molecule has 134 valence electrons. The van der Waals surface area contributed by atoms with Crippen LogP contribution in [0.3, 0.4) is 0 Å². The van der Waals surface area contributed by atoms with Crippen LogP contribution in [0.1, 0.15) is 27.0 Å². The Bertz CT molecular complexity index is 898. The van der Waals surface area contributed by atoms with E-state index in [-0.39, 0.29) is 16.5 Å². The standard InChI is InChI=1S/C18H22N2O4S/c1-11-8-12(2)17(13(3)9-11)25(22,23)20-15-10-14(18(21)19-4)6-7-16(15)24-5/h6-10,20H,1-5H3,(H,19,21). The van der Waals surface area contributed by atoms with Crippen molar-refractivity contribution in [3.8, 4) is 5.75 Å². The van der Waals surface area contributed by atoms with Crippen LogP contribution in [0.2, 0.25) is 0 Å². The van der Waals surface area contributed by atoms with E-state index in [1.807, 2.05) is 19.1 Å². The lowest BCUT2D eigenvalue weighted by atomic mass is 10.1. The predicted molar refractivity (Wildman–Crippen MR) is 97.8 cm³/mol. The third kappa shape index (κ3) is 3.93. The monoisotopic (exact) mass is 362 g/mol. The Morgan fingerprint density at radius 3 is 2.16 bits per heavy atom. The van der Waals surface area contributed by atoms with E-state index in [1.54, 1.807) is 26.0 Å². The number of hydrogen-bond acceptors (Lipinski definition) is 4. The van der Waals surface area contributed by atoms with Crippen molar-refractivity contribution in [1.82, 2.24) is 5.32 Å². The van der Waals surface area contributed by atoms with Gasteiger partial charge in [-0.05, 0) is 50.1 Å². The molecular formula is C18H22N2O4S. The first-order valence-electron chi connectivity index (χ1n) is 7.70. The van der Waals surface area contributed by atoms with E-state index in [9.17, 15) is 13.2 Å². The Labute approximate surface area is 148 Å². The average molecular weight is 362 g/mol. The molecule has 0 radical (unpaired) electrons. The van der Waals surface area contributed by atoms with E-state index in [1.165, 1.54) is 20.2 Å². The number of carbonyl (C=O) groups is 1. The molecule has 0 aliphatic carbocycles. The van der Waals surface area contributed by atoms with Gasteiger partial charge in [-0.3, -0.25) is 9.52 Å². The second kappa shape index (κ2) is 7.14. The SMILES string of the molecule is CNC(=O)c1ccc(OC)c(NS(=O)(=O)c2c(C)cc(C)cc2C)c1. The molecule has 0 fully saturated rings. The fraction of sp³-hybridized carbons (Fsp3) is 0.278. The van der Waals surface area contributed by atoms with Crippen molar-refractivity contribution in [1.29, 1.82) is 0 Å². The molecule has 0 heterocycles. The molecule has 2 aromatic carbocycles. The molecule has 0 aliphatic heterocycles. The van der Waals surface area contributed by atoms with Crippen molar-refractivity contribution in [3.63, 3.8) is 0 Å². The van der Waals surface area contributed by atoms with E-state index < -0.39 is 10.0 Å². The summed E-state index contributed by atoms with van der Waals surface area (Å²) >= 11 is 0. The fourth-order valence-electron chi connectivity index (χ4n) is 2.86. The maximum absolute atomic E-state index is 12.9. The Morgan fingerprint density at radius 1 is 1.04 bits per heavy atom. The summed E-state index contributed by atoms with van der Waals surface area (Å²) in [6.07, 6.45) is 0. The minimum absolute atomic E-state index is 0.211. The number of amides is 1. The van der Waals surface area contributed by atoms with Crippen LogP contribution in [0.5, 0.6) is 5.75 Å². The lowest BCUT2D eigenvalue weighted by molar-refractivity contribution is 0.0963. The van der Waals surface area contributed by atoms with Gasteiger partial charge in [0.1, 0.15) is 5.75 Å². The minimum atomic E-state index is -3.83. The molecule has 7 heteroatoms. The molecule has 2 N–H and O–H groups in total. The van der Waals surface area contributed by atoms with Gasteiger partial charge in [-0.15, -0.1) is 0 Å². The van der Waals surface area contributed by atoms with Crippen LogP contribution in [0.25, 0.3) is 0 Å². The highest BCUT2D eigenvalue weighted by Gasteiger charge is 2.22. The Hall–Kier alpha value is -2.54. The largest absolute Gasteiger partial charge is 0.495 e. The van der Waals surface area contributed by atoms with Crippen molar-refractivity contribution in [2.45, 2.75) is 25.7 Å². The second-order valence-corrected chi connectivity index (χ2v) is 7.45. The fourth-order valence-corrected chi connectivity index (χ4v) is 4.38. The molecule has 0 atom stereocenters. The number of hydrogen-bond donors (Lipinski definition) is 2. The highest BCUT2D eigenvalue weighted by molar-refractivity contribution is 7.92. The molecule has 0 saturated heterocycles. The summed E-state index contributed by atoms with van der Waals surface area (Å²) < 4.78 is 33.6. The van der Waals surface area contributed by atoms with E-state index in [0.29, 0.717) is 22.4 Å². The number of nitrogens with one attached hydrogen (secondary N) is 2. The molecular weight excluding hydrogens is 340 g/mol. The number of sulfonamides is 1. The third-order valence-corrected chi connectivity index (χ3v) is 5.48. The second-order valence-electron chi connectivity index (χ2n) is 5.83. The summed E-state index contributed by atoms with van der Waals surface area (Å²) in [5, 5.41) is 2.51. The summed E-state index contributed by atoms with van der Waals surface area (Å²) in [5.74, 6) is 0.0180. The van der Waals surface area contributed by atoms with Gasteiger partial charge in [-0.2, -0.15) is 0 Å². The van der Waals surface area contributed by atoms with Crippen molar-refractivity contribution >= 4 is 21.6 Å². The van der Waals surface area contributed by atoms with Gasteiger partial charge in [0.25, 0.3) is 15.9 Å². The smallest absolute Gasteiger partial charge is 0.262 e. The van der Waals surface area contributed by atoms with Crippen LogP contribution in [-0.4, -0.2) is 28.5 Å². The van der Waals surface area contributed by atoms with E-state index in [2.05, 4.69) is 10.0 Å². The first-order chi connectivity index (χ1) is 11.7. The molecule has 25 heavy (non-hydrogen) atoms. The van der Waals surface area contributed by atoms with Gasteiger partial charge < -0.3 is 10.1 Å². The predicted octanol–water partition coefficient (Wildman–Crippen LogP) is 2.78. The number of benzene rings is 2. The zero-order valence-corrected chi connectivity index (χ0v) is 15.7. The van der Waals surface area contributed by atoms with E-state index in [4.69, 9.17) is 4.74 Å². The molecule has 0 aliphatic rings. The molecule has 2 rings (SSSR count). The lowest BCUT2D eigenvalue weighted by Crippen LogP contribution is -2.19. The number of carbonyl (C=O) groups excluding carboxylic acids is 1.